The van der Waals surface area contributed by atoms with Gasteiger partial charge in [-0.3, -0.25) is 10.1 Å². The lowest BCUT2D eigenvalue weighted by atomic mass is 10.1. The standard InChI is InChI=1S/C10H14N4O2/c11-8-3-2-6-13(7-8)10-9(14(15)16)4-1-5-12-10/h1,4-5,8H,2-3,6-7,11H2/t8-/m0/s1. The summed E-state index contributed by atoms with van der Waals surface area (Å²) in [6.45, 7) is 1.42. The van der Waals surface area contributed by atoms with Crippen LogP contribution in [0, 0.1) is 10.1 Å². The zero-order valence-electron chi connectivity index (χ0n) is 8.87. The molecule has 1 saturated heterocycles. The molecular weight excluding hydrogens is 208 g/mol. The van der Waals surface area contributed by atoms with Crippen LogP contribution in [-0.2, 0) is 0 Å². The quantitative estimate of drug-likeness (QED) is 0.594. The molecule has 16 heavy (non-hydrogen) atoms. The van der Waals surface area contributed by atoms with Crippen LogP contribution in [0.3, 0.4) is 0 Å². The Morgan fingerprint density at radius 1 is 1.62 bits per heavy atom. The van der Waals surface area contributed by atoms with Crippen molar-refractivity contribution >= 4 is 11.5 Å². The summed E-state index contributed by atoms with van der Waals surface area (Å²) in [6, 6.07) is 3.13. The fraction of sp³-hybridized carbons (Fsp3) is 0.500. The van der Waals surface area contributed by atoms with E-state index in [9.17, 15) is 10.1 Å². The molecule has 0 saturated carbocycles. The van der Waals surface area contributed by atoms with E-state index in [4.69, 9.17) is 5.73 Å². The number of aromatic nitrogens is 1. The molecule has 1 aromatic rings. The summed E-state index contributed by atoms with van der Waals surface area (Å²) in [7, 11) is 0. The van der Waals surface area contributed by atoms with Crippen LogP contribution in [0.1, 0.15) is 12.8 Å². The van der Waals surface area contributed by atoms with Crippen molar-refractivity contribution in [2.45, 2.75) is 18.9 Å². The first-order valence-electron chi connectivity index (χ1n) is 5.28. The molecule has 6 nitrogen and oxygen atoms in total. The number of anilines is 1. The number of rotatable bonds is 2. The molecule has 0 aliphatic carbocycles. The smallest absolute Gasteiger partial charge is 0.311 e. The Hall–Kier alpha value is -1.69. The number of piperidine rings is 1. The average molecular weight is 222 g/mol. The third kappa shape index (κ3) is 2.11. The average Bonchev–Trinajstić information content (AvgIpc) is 2.29. The normalized spacial score (nSPS) is 20.8. The van der Waals surface area contributed by atoms with Gasteiger partial charge in [0.2, 0.25) is 5.82 Å². The maximum absolute atomic E-state index is 10.9. The molecule has 0 aromatic carbocycles. The van der Waals surface area contributed by atoms with Crippen LogP contribution in [0.15, 0.2) is 18.3 Å². The van der Waals surface area contributed by atoms with Crippen LogP contribution in [0.25, 0.3) is 0 Å². The molecule has 0 amide bonds. The third-order valence-corrected chi connectivity index (χ3v) is 2.72. The number of hydrogen-bond acceptors (Lipinski definition) is 5. The molecule has 1 aliphatic rings. The predicted octanol–water partition coefficient (Wildman–Crippen LogP) is 0.917. The van der Waals surface area contributed by atoms with E-state index < -0.39 is 4.92 Å². The van der Waals surface area contributed by atoms with Gasteiger partial charge in [0.15, 0.2) is 0 Å². The highest BCUT2D eigenvalue weighted by Gasteiger charge is 2.24. The molecule has 1 aromatic heterocycles. The Kier molecular flexibility index (Phi) is 3.00. The van der Waals surface area contributed by atoms with E-state index in [1.807, 2.05) is 4.90 Å². The first-order valence-corrected chi connectivity index (χ1v) is 5.28. The van der Waals surface area contributed by atoms with Gasteiger partial charge in [-0.25, -0.2) is 4.98 Å². The lowest BCUT2D eigenvalue weighted by Crippen LogP contribution is -2.43. The fourth-order valence-corrected chi connectivity index (χ4v) is 1.98. The summed E-state index contributed by atoms with van der Waals surface area (Å²) in [5.74, 6) is 0.433. The van der Waals surface area contributed by atoms with Crippen LogP contribution in [0.5, 0.6) is 0 Å². The van der Waals surface area contributed by atoms with Crippen molar-refractivity contribution in [3.8, 4) is 0 Å². The van der Waals surface area contributed by atoms with Crippen molar-refractivity contribution < 1.29 is 4.92 Å². The zero-order valence-corrected chi connectivity index (χ0v) is 8.87. The van der Waals surface area contributed by atoms with Gasteiger partial charge in [-0.05, 0) is 18.9 Å². The second kappa shape index (κ2) is 4.44. The summed E-state index contributed by atoms with van der Waals surface area (Å²) in [6.07, 6.45) is 3.49. The Balaban J connectivity index is 2.28. The first-order chi connectivity index (χ1) is 7.68. The monoisotopic (exact) mass is 222 g/mol. The van der Waals surface area contributed by atoms with E-state index >= 15 is 0 Å². The van der Waals surface area contributed by atoms with Crippen molar-refractivity contribution in [3.05, 3.63) is 28.4 Å². The van der Waals surface area contributed by atoms with Crippen molar-refractivity contribution in [3.63, 3.8) is 0 Å². The predicted molar refractivity (Wildman–Crippen MR) is 60.3 cm³/mol. The molecule has 0 spiro atoms. The van der Waals surface area contributed by atoms with Gasteiger partial charge in [0.05, 0.1) is 4.92 Å². The van der Waals surface area contributed by atoms with E-state index in [1.165, 1.54) is 6.07 Å². The van der Waals surface area contributed by atoms with E-state index in [2.05, 4.69) is 4.98 Å². The highest BCUT2D eigenvalue weighted by atomic mass is 16.6. The minimum absolute atomic E-state index is 0.0524. The highest BCUT2D eigenvalue weighted by Crippen LogP contribution is 2.26. The van der Waals surface area contributed by atoms with Crippen molar-refractivity contribution in [1.29, 1.82) is 0 Å². The van der Waals surface area contributed by atoms with Gasteiger partial charge >= 0.3 is 5.69 Å². The van der Waals surface area contributed by atoms with E-state index in [0.717, 1.165) is 19.4 Å². The molecule has 1 fully saturated rings. The molecule has 0 radical (unpaired) electrons. The van der Waals surface area contributed by atoms with Gasteiger partial charge in [-0.2, -0.15) is 0 Å². The largest absolute Gasteiger partial charge is 0.349 e. The molecule has 2 rings (SSSR count). The van der Waals surface area contributed by atoms with Crippen molar-refractivity contribution in [1.82, 2.24) is 4.98 Å². The lowest BCUT2D eigenvalue weighted by molar-refractivity contribution is -0.384. The molecular formula is C10H14N4O2. The van der Waals surface area contributed by atoms with Gasteiger partial charge < -0.3 is 10.6 Å². The molecule has 1 atom stereocenters. The molecule has 2 N–H and O–H groups in total. The van der Waals surface area contributed by atoms with Gasteiger partial charge in [0.1, 0.15) is 0 Å². The molecule has 1 aliphatic heterocycles. The van der Waals surface area contributed by atoms with Gasteiger partial charge in [0, 0.05) is 31.4 Å². The number of nitrogens with two attached hydrogens (primary N) is 1. The van der Waals surface area contributed by atoms with Gasteiger partial charge in [0.25, 0.3) is 0 Å². The third-order valence-electron chi connectivity index (χ3n) is 2.72. The van der Waals surface area contributed by atoms with Crippen molar-refractivity contribution in [2.75, 3.05) is 18.0 Å². The Morgan fingerprint density at radius 3 is 3.12 bits per heavy atom. The summed E-state index contributed by atoms with van der Waals surface area (Å²) in [5.41, 5.74) is 5.90. The fourth-order valence-electron chi connectivity index (χ4n) is 1.98. The molecule has 2 heterocycles. The Labute approximate surface area is 93.2 Å². The number of pyridine rings is 1. The van der Waals surface area contributed by atoms with Crippen LogP contribution in [-0.4, -0.2) is 29.0 Å². The molecule has 6 heteroatoms. The van der Waals surface area contributed by atoms with Crippen LogP contribution >= 0.6 is 0 Å². The molecule has 0 bridgehead atoms. The van der Waals surface area contributed by atoms with Crippen LogP contribution < -0.4 is 10.6 Å². The minimum Gasteiger partial charge on any atom is -0.349 e. The first kappa shape index (κ1) is 10.8. The maximum Gasteiger partial charge on any atom is 0.311 e. The summed E-state index contributed by atoms with van der Waals surface area (Å²) >= 11 is 0. The van der Waals surface area contributed by atoms with Crippen LogP contribution in [0.2, 0.25) is 0 Å². The SMILES string of the molecule is N[C@H]1CCCN(c2ncccc2[N+](=O)[O-])C1. The van der Waals surface area contributed by atoms with E-state index in [0.29, 0.717) is 12.4 Å². The lowest BCUT2D eigenvalue weighted by Gasteiger charge is -2.31. The van der Waals surface area contributed by atoms with Crippen LogP contribution in [0.4, 0.5) is 11.5 Å². The van der Waals surface area contributed by atoms with Gasteiger partial charge in [-0.1, -0.05) is 0 Å². The summed E-state index contributed by atoms with van der Waals surface area (Å²) < 4.78 is 0. The zero-order chi connectivity index (χ0) is 11.5. The highest BCUT2D eigenvalue weighted by molar-refractivity contribution is 5.57. The second-order valence-corrected chi connectivity index (χ2v) is 3.95. The Morgan fingerprint density at radius 2 is 2.44 bits per heavy atom. The topological polar surface area (TPSA) is 85.3 Å². The van der Waals surface area contributed by atoms with Crippen molar-refractivity contribution in [2.24, 2.45) is 5.73 Å². The molecule has 86 valence electrons. The maximum atomic E-state index is 10.9. The summed E-state index contributed by atoms with van der Waals surface area (Å²) in [4.78, 5) is 16.4. The minimum atomic E-state index is -0.400. The number of nitrogens with zero attached hydrogens (tertiary/aromatic N) is 3. The van der Waals surface area contributed by atoms with Gasteiger partial charge in [-0.15, -0.1) is 0 Å². The van der Waals surface area contributed by atoms with E-state index in [-0.39, 0.29) is 11.7 Å². The summed E-state index contributed by atoms with van der Waals surface area (Å²) in [5, 5.41) is 10.9. The number of hydrogen-bond donors (Lipinski definition) is 1. The Bertz CT molecular complexity index is 396. The second-order valence-electron chi connectivity index (χ2n) is 3.95. The molecule has 0 unspecified atom stereocenters. The number of nitro groups is 1. The van der Waals surface area contributed by atoms with E-state index in [1.54, 1.807) is 12.3 Å².